The maximum absolute atomic E-state index is 12.6. The molecule has 8 nitrogen and oxygen atoms in total. The Morgan fingerprint density at radius 1 is 1.48 bits per heavy atom. The van der Waals surface area contributed by atoms with Crippen molar-refractivity contribution in [3.8, 4) is 0 Å². The molecule has 11 heteroatoms. The number of hydrazone groups is 1. The van der Waals surface area contributed by atoms with Crippen molar-refractivity contribution in [2.24, 2.45) is 16.4 Å². The Balaban J connectivity index is 1.43. The molecule has 2 heterocycles. The Bertz CT molecular complexity index is 984. The summed E-state index contributed by atoms with van der Waals surface area (Å²) in [4.78, 5) is 26.2. The Morgan fingerprint density at radius 3 is 2.82 bits per heavy atom. The van der Waals surface area contributed by atoms with Gasteiger partial charge < -0.3 is 20.2 Å². The Morgan fingerprint density at radius 2 is 2.21 bits per heavy atom. The molecule has 3 rings (SSSR count). The van der Waals surface area contributed by atoms with Gasteiger partial charge in [-0.05, 0) is 77.2 Å². The van der Waals surface area contributed by atoms with Gasteiger partial charge in [0.05, 0.1) is 17.6 Å². The molecule has 0 radical (unpaired) electrons. The average Bonchev–Trinajstić information content (AvgIpc) is 2.77. The fourth-order valence-corrected chi connectivity index (χ4v) is 5.61. The second-order valence-electron chi connectivity index (χ2n) is 8.93. The number of carbonyl (C=O) groups is 1. The molecule has 0 amide bonds. The van der Waals surface area contributed by atoms with Crippen molar-refractivity contribution in [3.63, 3.8) is 0 Å². The number of hydrogen-bond acceptors (Lipinski definition) is 7. The monoisotopic (exact) mass is 604 g/mol. The van der Waals surface area contributed by atoms with E-state index in [1.807, 2.05) is 17.9 Å². The predicted molar refractivity (Wildman–Crippen MR) is 146 cm³/mol. The van der Waals surface area contributed by atoms with Gasteiger partial charge in [-0.25, -0.2) is 0 Å². The summed E-state index contributed by atoms with van der Waals surface area (Å²) in [6, 6.07) is 1.82. The van der Waals surface area contributed by atoms with E-state index in [9.17, 15) is 9.59 Å². The minimum absolute atomic E-state index is 0.0544. The highest BCUT2D eigenvalue weighted by Crippen LogP contribution is 2.52. The van der Waals surface area contributed by atoms with Crippen LogP contribution in [0.2, 0.25) is 0 Å². The number of allylic oxidation sites excluding steroid dienone is 2. The maximum atomic E-state index is 12.6. The molecule has 1 aromatic rings. The molecule has 1 unspecified atom stereocenters. The van der Waals surface area contributed by atoms with Gasteiger partial charge in [0, 0.05) is 51.7 Å². The lowest BCUT2D eigenvalue weighted by atomic mass is 9.57. The summed E-state index contributed by atoms with van der Waals surface area (Å²) >= 11 is 8.33. The van der Waals surface area contributed by atoms with Crippen LogP contribution in [0.4, 0.5) is 5.69 Å². The van der Waals surface area contributed by atoms with E-state index in [1.165, 1.54) is 6.21 Å². The molecule has 1 aromatic heterocycles. The molecule has 1 saturated carbocycles. The zero-order valence-corrected chi connectivity index (χ0v) is 22.9. The van der Waals surface area contributed by atoms with E-state index in [-0.39, 0.29) is 10.6 Å². The second kappa shape index (κ2) is 11.9. The van der Waals surface area contributed by atoms with Gasteiger partial charge >= 0.3 is 0 Å². The first-order chi connectivity index (χ1) is 15.8. The number of aldehydes is 1. The van der Waals surface area contributed by atoms with Gasteiger partial charge in [-0.1, -0.05) is 11.6 Å². The molecule has 1 saturated heterocycles. The van der Waals surface area contributed by atoms with Crippen LogP contribution in [0.15, 0.2) is 32.8 Å². The molecule has 1 aliphatic heterocycles. The number of nitrogens with zero attached hydrogens (tertiary/aromatic N) is 4. The molecule has 33 heavy (non-hydrogen) atoms. The number of halogens is 2. The van der Waals surface area contributed by atoms with Crippen LogP contribution in [0, 0.1) is 16.7 Å². The Labute approximate surface area is 214 Å². The van der Waals surface area contributed by atoms with Crippen molar-refractivity contribution in [2.45, 2.75) is 32.2 Å². The molecule has 180 valence electrons. The number of carbonyl (C=O) groups excluding carboxylic acids is 1. The zero-order chi connectivity index (χ0) is 24.0. The standard InChI is InChI=1S/C22H31ClIN6O2P/c1-26-20-17(10-25)5-7-30(21(20)32)12-16-8-22(9-16)14-29(15-22)6-3-4-18(19(23)13-31)11-27-28(2)33-24/h5,7,10-11,13,16,25-26,33H,3-4,6,8-9,12,14-15H2,1-2H3/b19-18+,25-10?,27-11-. The van der Waals surface area contributed by atoms with Crippen LogP contribution in [-0.2, 0) is 11.3 Å². The van der Waals surface area contributed by atoms with Crippen molar-refractivity contribution in [1.29, 1.82) is 5.41 Å². The predicted octanol–water partition coefficient (Wildman–Crippen LogP) is 3.93. The van der Waals surface area contributed by atoms with Crippen LogP contribution >= 0.6 is 40.0 Å². The van der Waals surface area contributed by atoms with E-state index in [1.54, 1.807) is 24.0 Å². The number of rotatable bonds is 12. The van der Waals surface area contributed by atoms with E-state index in [2.05, 4.69) is 37.4 Å². The van der Waals surface area contributed by atoms with Gasteiger partial charge in [-0.15, -0.1) is 0 Å². The third-order valence-electron chi connectivity index (χ3n) is 6.46. The smallest absolute Gasteiger partial charge is 0.274 e. The summed E-state index contributed by atoms with van der Waals surface area (Å²) in [5, 5.41) is 14.9. The summed E-state index contributed by atoms with van der Waals surface area (Å²) in [5.41, 5.74) is 2.24. The minimum atomic E-state index is -0.0544. The lowest BCUT2D eigenvalue weighted by Crippen LogP contribution is -2.62. The van der Waals surface area contributed by atoms with Gasteiger partial charge in [0.2, 0.25) is 0 Å². The average molecular weight is 605 g/mol. The molecular weight excluding hydrogens is 574 g/mol. The van der Waals surface area contributed by atoms with E-state index in [0.29, 0.717) is 35.2 Å². The van der Waals surface area contributed by atoms with Gasteiger partial charge in [0.15, 0.2) is 6.29 Å². The topological polar surface area (TPSA) is 93.8 Å². The van der Waals surface area contributed by atoms with Crippen molar-refractivity contribution in [1.82, 2.24) is 14.2 Å². The van der Waals surface area contributed by atoms with Gasteiger partial charge in [-0.2, -0.15) is 5.10 Å². The molecule has 1 spiro atoms. The number of likely N-dealkylation sites (tertiary alicyclic amines) is 1. The van der Waals surface area contributed by atoms with E-state index < -0.39 is 0 Å². The molecule has 2 N–H and O–H groups in total. The number of hydrogen-bond donors (Lipinski definition) is 2. The number of aromatic nitrogens is 1. The van der Waals surface area contributed by atoms with Crippen molar-refractivity contribution in [3.05, 3.63) is 38.8 Å². The number of pyridine rings is 1. The normalized spacial score (nSPS) is 18.9. The highest BCUT2D eigenvalue weighted by Gasteiger charge is 2.51. The van der Waals surface area contributed by atoms with Crippen LogP contribution in [0.5, 0.6) is 0 Å². The lowest BCUT2D eigenvalue weighted by Gasteiger charge is -2.59. The van der Waals surface area contributed by atoms with Crippen LogP contribution in [0.3, 0.4) is 0 Å². The first-order valence-electron chi connectivity index (χ1n) is 11.0. The molecule has 2 fully saturated rings. The summed E-state index contributed by atoms with van der Waals surface area (Å²) in [6.07, 6.45) is 9.89. The fraction of sp³-hybridized carbons (Fsp3) is 0.545. The molecule has 1 atom stereocenters. The molecule has 1 aliphatic carbocycles. The highest BCUT2D eigenvalue weighted by molar-refractivity contribution is 14.2. The highest BCUT2D eigenvalue weighted by atomic mass is 127. The van der Waals surface area contributed by atoms with E-state index in [4.69, 9.17) is 17.0 Å². The van der Waals surface area contributed by atoms with Crippen molar-refractivity contribution in [2.75, 3.05) is 39.0 Å². The van der Waals surface area contributed by atoms with Crippen LogP contribution < -0.4 is 10.9 Å². The lowest BCUT2D eigenvalue weighted by molar-refractivity contribution is -0.104. The molecular formula is C22H31ClIN6O2P. The summed E-state index contributed by atoms with van der Waals surface area (Å²) in [6.45, 7) is 3.91. The van der Waals surface area contributed by atoms with Gasteiger partial charge in [0.1, 0.15) is 5.69 Å². The van der Waals surface area contributed by atoms with Crippen LogP contribution in [0.25, 0.3) is 0 Å². The third kappa shape index (κ3) is 6.44. The van der Waals surface area contributed by atoms with Gasteiger partial charge in [0.25, 0.3) is 5.56 Å². The summed E-state index contributed by atoms with van der Waals surface area (Å²) in [7, 11) is 3.61. The number of anilines is 1. The van der Waals surface area contributed by atoms with Crippen LogP contribution in [-0.4, -0.2) is 66.7 Å². The molecule has 0 bridgehead atoms. The number of nitrogens with one attached hydrogen (secondary N) is 2. The van der Waals surface area contributed by atoms with Crippen molar-refractivity contribution >= 4 is 64.4 Å². The largest absolute Gasteiger partial charge is 0.383 e. The SMILES string of the molecule is CNc1c(C=N)ccn(CC2CC3(C2)CN(CCCC(/C=N\N(C)PI)=C(\Cl)C=O)C3)c1=O. The molecule has 0 aromatic carbocycles. The molecule has 2 aliphatic rings. The second-order valence-corrected chi connectivity index (χ2v) is 11.6. The summed E-state index contributed by atoms with van der Waals surface area (Å²) in [5.74, 6) is 0.521. The fourth-order valence-electron chi connectivity index (χ4n) is 4.99. The zero-order valence-electron chi connectivity index (χ0n) is 19.0. The summed E-state index contributed by atoms with van der Waals surface area (Å²) < 4.78 is 3.59. The quantitative estimate of drug-likeness (QED) is 0.0942. The van der Waals surface area contributed by atoms with Crippen LogP contribution in [0.1, 0.15) is 31.2 Å². The Hall–Kier alpha value is -1.29. The third-order valence-corrected chi connectivity index (χ3v) is 9.25. The first kappa shape index (κ1) is 26.3. The maximum Gasteiger partial charge on any atom is 0.274 e. The van der Waals surface area contributed by atoms with Crippen molar-refractivity contribution < 1.29 is 4.79 Å². The van der Waals surface area contributed by atoms with Gasteiger partial charge in [-0.3, -0.25) is 14.4 Å². The van der Waals surface area contributed by atoms with E-state index >= 15 is 0 Å². The Kier molecular flexibility index (Phi) is 9.50. The first-order valence-corrected chi connectivity index (χ1v) is 15.4. The van der Waals surface area contributed by atoms with E-state index in [0.717, 1.165) is 57.4 Å². The minimum Gasteiger partial charge on any atom is -0.383 e.